The zero-order valence-electron chi connectivity index (χ0n) is 16.0. The number of carboxylic acid groups (broad SMARTS) is 1. The molecule has 29 heavy (non-hydrogen) atoms. The van der Waals surface area contributed by atoms with Crippen molar-refractivity contribution in [1.29, 1.82) is 0 Å². The molecule has 1 aliphatic carbocycles. The number of benzene rings is 2. The average Bonchev–Trinajstić information content (AvgIpc) is 3.26. The zero-order chi connectivity index (χ0) is 20.4. The van der Waals surface area contributed by atoms with Crippen LogP contribution in [0.5, 0.6) is 0 Å². The quantitative estimate of drug-likeness (QED) is 0.545. The molecule has 0 radical (unpaired) electrons. The molecule has 148 valence electrons. The Bertz CT molecular complexity index is 1030. The van der Waals surface area contributed by atoms with Crippen molar-refractivity contribution in [3.05, 3.63) is 76.2 Å². The minimum absolute atomic E-state index is 0.0360. The van der Waals surface area contributed by atoms with Crippen molar-refractivity contribution in [3.8, 4) is 11.1 Å². The second kappa shape index (κ2) is 8.09. The summed E-state index contributed by atoms with van der Waals surface area (Å²) in [6, 6.07) is 17.9. The first kappa shape index (κ1) is 19.2. The fraction of sp³-hybridized carbons (Fsp3) is 0.217. The molecule has 2 N–H and O–H groups in total. The molecule has 3 aromatic rings. The number of carbonyl (C=O) groups is 2. The van der Waals surface area contributed by atoms with E-state index in [0.29, 0.717) is 5.00 Å². The third kappa shape index (κ3) is 3.76. The van der Waals surface area contributed by atoms with Crippen molar-refractivity contribution in [1.82, 2.24) is 0 Å². The maximum atomic E-state index is 12.4. The van der Waals surface area contributed by atoms with Crippen LogP contribution in [0.1, 0.15) is 45.6 Å². The van der Waals surface area contributed by atoms with Crippen LogP contribution < -0.4 is 5.32 Å². The summed E-state index contributed by atoms with van der Waals surface area (Å²) >= 11 is 1.28. The van der Waals surface area contributed by atoms with Crippen LogP contribution in [0.4, 0.5) is 9.80 Å². The minimum Gasteiger partial charge on any atom is -0.478 e. The molecule has 1 aromatic heterocycles. The van der Waals surface area contributed by atoms with Crippen molar-refractivity contribution >= 4 is 28.4 Å². The van der Waals surface area contributed by atoms with E-state index in [0.717, 1.165) is 40.0 Å². The molecular formula is C23H21NO4S. The third-order valence-electron chi connectivity index (χ3n) is 5.07. The van der Waals surface area contributed by atoms with E-state index >= 15 is 0 Å². The SMILES string of the molecule is CCCc1cc(C(=O)O)c(NC(=O)OCC2c3ccccc3-c3ccccc32)s1. The summed E-state index contributed by atoms with van der Waals surface area (Å²) in [5.74, 6) is -1.09. The molecule has 0 spiro atoms. The number of aryl methyl sites for hydroxylation is 1. The van der Waals surface area contributed by atoms with Gasteiger partial charge in [-0.05, 0) is 34.7 Å². The van der Waals surface area contributed by atoms with Crippen molar-refractivity contribution in [3.63, 3.8) is 0 Å². The van der Waals surface area contributed by atoms with E-state index in [1.807, 2.05) is 31.2 Å². The smallest absolute Gasteiger partial charge is 0.412 e. The monoisotopic (exact) mass is 407 g/mol. The van der Waals surface area contributed by atoms with Gasteiger partial charge in [-0.3, -0.25) is 5.32 Å². The third-order valence-corrected chi connectivity index (χ3v) is 6.18. The van der Waals surface area contributed by atoms with E-state index in [9.17, 15) is 14.7 Å². The number of anilines is 1. The molecule has 0 atom stereocenters. The van der Waals surface area contributed by atoms with Crippen LogP contribution in [0.25, 0.3) is 11.1 Å². The van der Waals surface area contributed by atoms with Gasteiger partial charge in [-0.15, -0.1) is 11.3 Å². The molecule has 6 heteroatoms. The molecule has 0 saturated heterocycles. The summed E-state index contributed by atoms with van der Waals surface area (Å²) in [6.45, 7) is 2.22. The summed E-state index contributed by atoms with van der Waals surface area (Å²) in [4.78, 5) is 24.8. The van der Waals surface area contributed by atoms with E-state index in [-0.39, 0.29) is 18.1 Å². The maximum absolute atomic E-state index is 12.4. The highest BCUT2D eigenvalue weighted by molar-refractivity contribution is 7.16. The lowest BCUT2D eigenvalue weighted by molar-refractivity contribution is 0.0698. The number of thiophene rings is 1. The summed E-state index contributed by atoms with van der Waals surface area (Å²) in [5, 5.41) is 12.3. The molecule has 1 amide bonds. The minimum atomic E-state index is -1.06. The summed E-state index contributed by atoms with van der Waals surface area (Å²) in [6.07, 6.45) is 1.04. The van der Waals surface area contributed by atoms with Gasteiger partial charge in [0.25, 0.3) is 0 Å². The molecule has 0 fully saturated rings. The molecule has 0 saturated carbocycles. The van der Waals surface area contributed by atoms with Crippen LogP contribution in [0.15, 0.2) is 54.6 Å². The van der Waals surface area contributed by atoms with Gasteiger partial charge in [-0.2, -0.15) is 0 Å². The Kier molecular flexibility index (Phi) is 5.36. The van der Waals surface area contributed by atoms with Crippen molar-refractivity contribution in [2.24, 2.45) is 0 Å². The van der Waals surface area contributed by atoms with Crippen LogP contribution in [0, 0.1) is 0 Å². The number of amides is 1. The van der Waals surface area contributed by atoms with Gasteiger partial charge in [0.05, 0.1) is 5.56 Å². The number of carbonyl (C=O) groups excluding carboxylic acids is 1. The summed E-state index contributed by atoms with van der Waals surface area (Å²) in [5.41, 5.74) is 4.69. The highest BCUT2D eigenvalue weighted by Crippen LogP contribution is 2.44. The molecule has 0 unspecified atom stereocenters. The van der Waals surface area contributed by atoms with Crippen molar-refractivity contribution in [2.75, 3.05) is 11.9 Å². The van der Waals surface area contributed by atoms with E-state index in [1.54, 1.807) is 6.07 Å². The van der Waals surface area contributed by atoms with E-state index < -0.39 is 12.1 Å². The fourth-order valence-corrected chi connectivity index (χ4v) is 4.93. The average molecular weight is 407 g/mol. The number of aromatic carboxylic acids is 1. The lowest BCUT2D eigenvalue weighted by atomic mass is 9.98. The first-order chi connectivity index (χ1) is 14.1. The van der Waals surface area contributed by atoms with Gasteiger partial charge in [0, 0.05) is 10.8 Å². The molecule has 2 aromatic carbocycles. The number of rotatable bonds is 6. The molecular weight excluding hydrogens is 386 g/mol. The first-order valence-corrected chi connectivity index (χ1v) is 10.4. The lowest BCUT2D eigenvalue weighted by Crippen LogP contribution is -2.18. The summed E-state index contributed by atoms with van der Waals surface area (Å²) in [7, 11) is 0. The Morgan fingerprint density at radius 3 is 2.28 bits per heavy atom. The molecule has 1 heterocycles. The second-order valence-corrected chi connectivity index (χ2v) is 8.10. The van der Waals surface area contributed by atoms with Gasteiger partial charge in [-0.1, -0.05) is 61.9 Å². The van der Waals surface area contributed by atoms with Crippen LogP contribution in [-0.2, 0) is 11.2 Å². The van der Waals surface area contributed by atoms with Gasteiger partial charge in [-0.25, -0.2) is 9.59 Å². The van der Waals surface area contributed by atoms with Gasteiger partial charge >= 0.3 is 12.1 Å². The van der Waals surface area contributed by atoms with Gasteiger partial charge in [0.2, 0.25) is 0 Å². The molecule has 1 aliphatic rings. The highest BCUT2D eigenvalue weighted by atomic mass is 32.1. The largest absolute Gasteiger partial charge is 0.478 e. The number of ether oxygens (including phenoxy) is 1. The Balaban J connectivity index is 1.49. The molecule has 0 aliphatic heterocycles. The highest BCUT2D eigenvalue weighted by Gasteiger charge is 2.29. The van der Waals surface area contributed by atoms with Gasteiger partial charge < -0.3 is 9.84 Å². The molecule has 5 nitrogen and oxygen atoms in total. The standard InChI is InChI=1S/C23H21NO4S/c1-2-7-14-12-19(22(25)26)21(29-14)24-23(27)28-13-20-17-10-5-3-8-15(17)16-9-4-6-11-18(16)20/h3-6,8-12,20H,2,7,13H2,1H3,(H,24,27)(H,25,26). The second-order valence-electron chi connectivity index (χ2n) is 6.96. The Labute approximate surface area is 173 Å². The summed E-state index contributed by atoms with van der Waals surface area (Å²) < 4.78 is 5.51. The first-order valence-electron chi connectivity index (χ1n) is 9.56. The number of carboxylic acids is 1. The van der Waals surface area contributed by atoms with Gasteiger partial charge in [0.15, 0.2) is 0 Å². The Morgan fingerprint density at radius 2 is 1.69 bits per heavy atom. The van der Waals surface area contributed by atoms with Crippen LogP contribution in [-0.4, -0.2) is 23.8 Å². The van der Waals surface area contributed by atoms with Crippen LogP contribution in [0.2, 0.25) is 0 Å². The normalized spacial score (nSPS) is 12.3. The number of fused-ring (bicyclic) bond motifs is 3. The van der Waals surface area contributed by atoms with Gasteiger partial charge in [0.1, 0.15) is 11.6 Å². The van der Waals surface area contributed by atoms with Crippen LogP contribution >= 0.6 is 11.3 Å². The lowest BCUT2D eigenvalue weighted by Gasteiger charge is -2.14. The molecule has 0 bridgehead atoms. The topological polar surface area (TPSA) is 75.6 Å². The fourth-order valence-electron chi connectivity index (χ4n) is 3.79. The Morgan fingerprint density at radius 1 is 1.07 bits per heavy atom. The maximum Gasteiger partial charge on any atom is 0.412 e. The zero-order valence-corrected chi connectivity index (χ0v) is 16.8. The number of hydrogen-bond donors (Lipinski definition) is 2. The predicted octanol–water partition coefficient (Wildman–Crippen LogP) is 5.76. The van der Waals surface area contributed by atoms with Crippen molar-refractivity contribution in [2.45, 2.75) is 25.7 Å². The van der Waals surface area contributed by atoms with Crippen LogP contribution in [0.3, 0.4) is 0 Å². The number of nitrogens with one attached hydrogen (secondary N) is 1. The number of hydrogen-bond acceptors (Lipinski definition) is 4. The molecule has 4 rings (SSSR count). The van der Waals surface area contributed by atoms with E-state index in [4.69, 9.17) is 4.74 Å². The van der Waals surface area contributed by atoms with E-state index in [2.05, 4.69) is 29.6 Å². The van der Waals surface area contributed by atoms with Crippen molar-refractivity contribution < 1.29 is 19.4 Å². The predicted molar refractivity (Wildman–Crippen MR) is 114 cm³/mol. The Hall–Kier alpha value is -3.12. The van der Waals surface area contributed by atoms with E-state index in [1.165, 1.54) is 11.3 Å².